The van der Waals surface area contributed by atoms with Gasteiger partial charge in [0.2, 0.25) is 5.60 Å². The lowest BCUT2D eigenvalue weighted by molar-refractivity contribution is -0.240. The number of hydrogen-bond donors (Lipinski definition) is 2. The van der Waals surface area contributed by atoms with Gasteiger partial charge in [-0.15, -0.1) is 0 Å². The summed E-state index contributed by atoms with van der Waals surface area (Å²) in [5.74, 6) is 4.41. The molecule has 1 saturated carbocycles. The molecule has 0 aliphatic heterocycles. The predicted octanol–water partition coefficient (Wildman–Crippen LogP) is 3.77. The maximum absolute atomic E-state index is 13.2. The van der Waals surface area contributed by atoms with Crippen molar-refractivity contribution in [2.45, 2.75) is 45.4 Å². The number of nitrogens with two attached hydrogens (primary N) is 1. The maximum Gasteiger partial charge on any atom is 0.433 e. The van der Waals surface area contributed by atoms with Gasteiger partial charge in [0.05, 0.1) is 0 Å². The third-order valence-corrected chi connectivity index (χ3v) is 3.04. The van der Waals surface area contributed by atoms with Crippen molar-refractivity contribution < 1.29 is 18.3 Å². The van der Waals surface area contributed by atoms with Crippen LogP contribution in [0.1, 0.15) is 37.8 Å². The van der Waals surface area contributed by atoms with E-state index in [1.165, 1.54) is 12.1 Å². The van der Waals surface area contributed by atoms with Crippen molar-refractivity contribution in [3.63, 3.8) is 0 Å². The van der Waals surface area contributed by atoms with E-state index in [9.17, 15) is 18.3 Å². The Bertz CT molecular complexity index is 553. The lowest BCUT2D eigenvalue weighted by Crippen LogP contribution is -2.41. The molecule has 1 aromatic rings. The van der Waals surface area contributed by atoms with E-state index in [1.54, 1.807) is 13.0 Å². The zero-order valence-electron chi connectivity index (χ0n) is 12.4. The Hall–Kier alpha value is -1.67. The molecule has 0 amide bonds. The first-order valence-electron chi connectivity index (χ1n) is 6.92. The highest BCUT2D eigenvalue weighted by atomic mass is 19.4. The Labute approximate surface area is 123 Å². The van der Waals surface area contributed by atoms with Gasteiger partial charge in [0.15, 0.2) is 0 Å². The van der Waals surface area contributed by atoms with Crippen LogP contribution in [-0.4, -0.2) is 11.3 Å². The van der Waals surface area contributed by atoms with Crippen molar-refractivity contribution in [2.24, 2.45) is 5.92 Å². The number of nitrogen functional groups attached to an aromatic ring is 1. The average molecular weight is 299 g/mol. The summed E-state index contributed by atoms with van der Waals surface area (Å²) < 4.78 is 39.5. The molecule has 0 heterocycles. The molecule has 116 valence electrons. The molecule has 1 aliphatic rings. The van der Waals surface area contributed by atoms with Crippen LogP contribution in [0.2, 0.25) is 0 Å². The zero-order valence-corrected chi connectivity index (χ0v) is 12.4. The van der Waals surface area contributed by atoms with E-state index in [2.05, 4.69) is 5.92 Å². The second-order valence-corrected chi connectivity index (χ2v) is 4.84. The predicted molar refractivity (Wildman–Crippen MR) is 77.4 cm³/mol. The van der Waals surface area contributed by atoms with E-state index in [0.717, 1.165) is 12.8 Å². The molecule has 3 N–H and O–H groups in total. The third-order valence-electron chi connectivity index (χ3n) is 3.04. The molecule has 1 fully saturated rings. The lowest BCUT2D eigenvalue weighted by Gasteiger charge is -2.27. The maximum atomic E-state index is 13.2. The molecule has 1 atom stereocenters. The van der Waals surface area contributed by atoms with E-state index < -0.39 is 17.3 Å². The number of rotatable bonds is 1. The molecule has 1 aromatic carbocycles. The first kappa shape index (κ1) is 17.4. The minimum absolute atomic E-state index is 0.0418. The molecule has 0 saturated heterocycles. The highest BCUT2D eigenvalue weighted by Gasteiger charge is 2.55. The first-order valence-corrected chi connectivity index (χ1v) is 6.92. The number of hydrogen-bond acceptors (Lipinski definition) is 2. The fourth-order valence-electron chi connectivity index (χ4n) is 1.71. The zero-order chi connectivity index (χ0) is 16.3. The van der Waals surface area contributed by atoms with Crippen molar-refractivity contribution in [1.29, 1.82) is 0 Å². The molecule has 0 bridgehead atoms. The first-order chi connectivity index (χ1) is 9.74. The normalized spacial score (nSPS) is 16.9. The third kappa shape index (κ3) is 3.92. The van der Waals surface area contributed by atoms with Crippen LogP contribution in [0.3, 0.4) is 0 Å². The smallest absolute Gasteiger partial charge is 0.398 e. The van der Waals surface area contributed by atoms with E-state index in [1.807, 2.05) is 19.8 Å². The van der Waals surface area contributed by atoms with Gasteiger partial charge in [0.1, 0.15) is 0 Å². The van der Waals surface area contributed by atoms with Gasteiger partial charge in [-0.1, -0.05) is 37.3 Å². The van der Waals surface area contributed by atoms with Gasteiger partial charge in [0, 0.05) is 17.2 Å². The summed E-state index contributed by atoms with van der Waals surface area (Å²) in [6.45, 7) is 5.63. The van der Waals surface area contributed by atoms with Crippen LogP contribution in [0.4, 0.5) is 18.9 Å². The number of anilines is 1. The molecule has 0 aromatic heterocycles. The van der Waals surface area contributed by atoms with Crippen LogP contribution in [-0.2, 0) is 5.60 Å². The minimum Gasteiger partial charge on any atom is -0.398 e. The van der Waals surface area contributed by atoms with Gasteiger partial charge < -0.3 is 10.8 Å². The van der Waals surface area contributed by atoms with Gasteiger partial charge in [0.25, 0.3) is 0 Å². The molecule has 1 aliphatic carbocycles. The van der Waals surface area contributed by atoms with Crippen LogP contribution in [0.5, 0.6) is 0 Å². The number of aliphatic hydroxyl groups is 1. The van der Waals surface area contributed by atoms with E-state index in [0.29, 0.717) is 5.56 Å². The summed E-state index contributed by atoms with van der Waals surface area (Å²) >= 11 is 0. The summed E-state index contributed by atoms with van der Waals surface area (Å²) in [6.07, 6.45) is -3.33. The fraction of sp³-hybridized carbons (Fsp3) is 0.500. The summed E-state index contributed by atoms with van der Waals surface area (Å²) in [7, 11) is 0. The molecule has 5 heteroatoms. The van der Waals surface area contributed by atoms with Crippen LogP contribution >= 0.6 is 0 Å². The average Bonchev–Trinajstić information content (AvgIpc) is 3.24. The second-order valence-electron chi connectivity index (χ2n) is 4.84. The topological polar surface area (TPSA) is 46.2 Å². The Kier molecular flexibility index (Phi) is 5.30. The molecule has 0 spiro atoms. The Balaban J connectivity index is 0.00000106. The van der Waals surface area contributed by atoms with Crippen LogP contribution in [0.15, 0.2) is 18.2 Å². The van der Waals surface area contributed by atoms with Crippen molar-refractivity contribution in [3.05, 3.63) is 29.3 Å². The Morgan fingerprint density at radius 2 is 1.81 bits per heavy atom. The van der Waals surface area contributed by atoms with Crippen molar-refractivity contribution >= 4 is 5.69 Å². The molecule has 21 heavy (non-hydrogen) atoms. The van der Waals surface area contributed by atoms with Crippen LogP contribution < -0.4 is 5.73 Å². The molecular formula is C16H20F3NO. The van der Waals surface area contributed by atoms with E-state index in [-0.39, 0.29) is 11.6 Å². The summed E-state index contributed by atoms with van der Waals surface area (Å²) in [4.78, 5) is 0. The van der Waals surface area contributed by atoms with E-state index in [4.69, 9.17) is 5.73 Å². The molecule has 2 rings (SSSR count). The van der Waals surface area contributed by atoms with E-state index >= 15 is 0 Å². The standard InChI is InChI=1S/C14H14F3NO.C2H6/c1-9-2-5-12(18)11(8-9)13(19,14(15,16)17)7-6-10-3-4-10;1-2/h2,5,8,10,19H,3-4,18H2,1H3;1-2H3. The fourth-order valence-corrected chi connectivity index (χ4v) is 1.71. The highest BCUT2D eigenvalue weighted by molar-refractivity contribution is 5.55. The monoisotopic (exact) mass is 299 g/mol. The van der Waals surface area contributed by atoms with Gasteiger partial charge >= 0.3 is 6.18 Å². The van der Waals surface area contributed by atoms with Gasteiger partial charge in [-0.3, -0.25) is 0 Å². The summed E-state index contributed by atoms with van der Waals surface area (Å²) in [5, 5.41) is 10.0. The van der Waals surface area contributed by atoms with Crippen LogP contribution in [0, 0.1) is 24.7 Å². The van der Waals surface area contributed by atoms with Gasteiger partial charge in [-0.25, -0.2) is 0 Å². The van der Waals surface area contributed by atoms with Gasteiger partial charge in [-0.2, -0.15) is 13.2 Å². The number of halogens is 3. The van der Waals surface area contributed by atoms with Crippen LogP contribution in [0.25, 0.3) is 0 Å². The molecule has 0 radical (unpaired) electrons. The Morgan fingerprint density at radius 3 is 2.29 bits per heavy atom. The number of alkyl halides is 3. The lowest BCUT2D eigenvalue weighted by atomic mass is 9.90. The van der Waals surface area contributed by atoms with Crippen molar-refractivity contribution in [1.82, 2.24) is 0 Å². The summed E-state index contributed by atoms with van der Waals surface area (Å²) in [6, 6.07) is 4.16. The minimum atomic E-state index is -4.89. The molecule has 2 nitrogen and oxygen atoms in total. The summed E-state index contributed by atoms with van der Waals surface area (Å²) in [5.41, 5.74) is 2.44. The number of benzene rings is 1. The molecule has 1 unspecified atom stereocenters. The molecular weight excluding hydrogens is 279 g/mol. The van der Waals surface area contributed by atoms with Crippen molar-refractivity contribution in [2.75, 3.05) is 5.73 Å². The largest absolute Gasteiger partial charge is 0.433 e. The number of aryl methyl sites for hydroxylation is 1. The second kappa shape index (κ2) is 6.40. The highest BCUT2D eigenvalue weighted by Crippen LogP contribution is 2.41. The Morgan fingerprint density at radius 1 is 1.24 bits per heavy atom. The van der Waals surface area contributed by atoms with Gasteiger partial charge in [-0.05, 0) is 31.9 Å². The quantitative estimate of drug-likeness (QED) is 0.612. The van der Waals surface area contributed by atoms with Crippen molar-refractivity contribution in [3.8, 4) is 11.8 Å². The SMILES string of the molecule is CC.Cc1ccc(N)c(C(O)(C#CC2CC2)C(F)(F)F)c1.